The molecule has 0 aliphatic rings. The Morgan fingerprint density at radius 1 is 1.04 bits per heavy atom. The molecule has 1 heterocycles. The molecule has 0 aliphatic carbocycles. The van der Waals surface area contributed by atoms with Crippen LogP contribution in [-0.2, 0) is 0 Å². The van der Waals surface area contributed by atoms with Crippen LogP contribution in [0.25, 0.3) is 0 Å². The van der Waals surface area contributed by atoms with Crippen LogP contribution in [0, 0.1) is 0 Å². The van der Waals surface area contributed by atoms with E-state index in [-0.39, 0.29) is 27.8 Å². The molecule has 1 aromatic heterocycles. The van der Waals surface area contributed by atoms with Crippen molar-refractivity contribution in [2.45, 2.75) is 16.3 Å². The van der Waals surface area contributed by atoms with E-state index in [1.54, 1.807) is 0 Å². The third-order valence-corrected chi connectivity index (χ3v) is 3.56. The molecule has 12 heteroatoms. The highest BCUT2D eigenvalue weighted by molar-refractivity contribution is 8.00. The minimum absolute atomic E-state index is 0.0666. The number of hydrogen-bond acceptors (Lipinski definition) is 6. The van der Waals surface area contributed by atoms with Gasteiger partial charge in [0, 0.05) is 4.90 Å². The average molecular weight is 372 g/mol. The fraction of sp³-hybridized carbons (Fsp3) is 0.182. The van der Waals surface area contributed by atoms with E-state index in [1.807, 2.05) is 0 Å². The summed E-state index contributed by atoms with van der Waals surface area (Å²) in [4.78, 5) is 10.4. The van der Waals surface area contributed by atoms with Gasteiger partial charge in [0.05, 0.1) is 5.69 Å². The van der Waals surface area contributed by atoms with Gasteiger partial charge in [-0.25, -0.2) is 0 Å². The van der Waals surface area contributed by atoms with Crippen LogP contribution in [0.2, 0.25) is 5.28 Å². The third kappa shape index (κ3) is 4.32. The number of alkyl halides is 5. The molecule has 5 nitrogen and oxygen atoms in total. The van der Waals surface area contributed by atoms with E-state index >= 15 is 0 Å². The van der Waals surface area contributed by atoms with Gasteiger partial charge in [0.15, 0.2) is 0 Å². The SMILES string of the molecule is Nc1nc(Cl)nc(Nc2ccccc2SC(F)(F)C(F)(F)F)n1. The Hall–Kier alpha value is -1.88. The zero-order valence-electron chi connectivity index (χ0n) is 10.9. The van der Waals surface area contributed by atoms with Gasteiger partial charge in [-0.05, 0) is 35.5 Å². The predicted octanol–water partition coefficient (Wildman–Crippen LogP) is 4.10. The van der Waals surface area contributed by atoms with Crippen molar-refractivity contribution < 1.29 is 22.0 Å². The molecule has 0 bridgehead atoms. The lowest BCUT2D eigenvalue weighted by Gasteiger charge is -2.20. The number of nitrogens with one attached hydrogen (secondary N) is 1. The molecular formula is C11H7ClF5N5S. The smallest absolute Gasteiger partial charge is 0.368 e. The van der Waals surface area contributed by atoms with E-state index in [4.69, 9.17) is 17.3 Å². The fourth-order valence-corrected chi connectivity index (χ4v) is 2.33. The normalized spacial score (nSPS) is 12.3. The van der Waals surface area contributed by atoms with Gasteiger partial charge in [0.2, 0.25) is 17.2 Å². The van der Waals surface area contributed by atoms with E-state index in [1.165, 1.54) is 18.2 Å². The second-order valence-corrected chi connectivity index (χ2v) is 5.52. The lowest BCUT2D eigenvalue weighted by Crippen LogP contribution is -2.32. The molecule has 0 saturated heterocycles. The van der Waals surface area contributed by atoms with Gasteiger partial charge < -0.3 is 11.1 Å². The van der Waals surface area contributed by atoms with Gasteiger partial charge in [-0.3, -0.25) is 0 Å². The van der Waals surface area contributed by atoms with Gasteiger partial charge in [0.1, 0.15) is 0 Å². The minimum Gasteiger partial charge on any atom is -0.368 e. The largest absolute Gasteiger partial charge is 0.464 e. The van der Waals surface area contributed by atoms with Crippen molar-refractivity contribution in [3.63, 3.8) is 0 Å². The van der Waals surface area contributed by atoms with Crippen molar-refractivity contribution in [2.24, 2.45) is 0 Å². The number of benzene rings is 1. The van der Waals surface area contributed by atoms with Crippen LogP contribution in [-0.4, -0.2) is 26.4 Å². The summed E-state index contributed by atoms with van der Waals surface area (Å²) in [5.41, 5.74) is 5.28. The lowest BCUT2D eigenvalue weighted by atomic mass is 10.3. The van der Waals surface area contributed by atoms with Gasteiger partial charge in [-0.15, -0.1) is 0 Å². The van der Waals surface area contributed by atoms with Crippen LogP contribution in [0.15, 0.2) is 29.2 Å². The predicted molar refractivity (Wildman–Crippen MR) is 75.8 cm³/mol. The summed E-state index contributed by atoms with van der Waals surface area (Å²) in [6.45, 7) is 0. The molecule has 0 saturated carbocycles. The number of nitrogen functional groups attached to an aromatic ring is 1. The number of aromatic nitrogens is 3. The number of anilines is 3. The Morgan fingerprint density at radius 2 is 1.70 bits per heavy atom. The van der Waals surface area contributed by atoms with Crippen LogP contribution in [0.3, 0.4) is 0 Å². The highest BCUT2D eigenvalue weighted by Gasteiger charge is 2.58. The minimum atomic E-state index is -5.69. The first-order chi connectivity index (χ1) is 10.6. The van der Waals surface area contributed by atoms with Gasteiger partial charge in [-0.1, -0.05) is 12.1 Å². The highest BCUT2D eigenvalue weighted by Crippen LogP contribution is 2.49. The molecular weight excluding hydrogens is 365 g/mol. The van der Waals surface area contributed by atoms with Crippen molar-refractivity contribution in [1.29, 1.82) is 0 Å². The molecule has 23 heavy (non-hydrogen) atoms. The Kier molecular flexibility index (Phi) is 4.80. The first kappa shape index (κ1) is 17.5. The number of hydrogen-bond donors (Lipinski definition) is 2. The Morgan fingerprint density at radius 3 is 2.30 bits per heavy atom. The molecule has 124 valence electrons. The van der Waals surface area contributed by atoms with E-state index in [0.29, 0.717) is 0 Å². The molecule has 0 radical (unpaired) electrons. The maximum Gasteiger partial charge on any atom is 0.464 e. The molecule has 2 aromatic rings. The number of thioether (sulfide) groups is 1. The summed E-state index contributed by atoms with van der Waals surface area (Å²) in [5.74, 6) is -0.427. The quantitative estimate of drug-likeness (QED) is 0.622. The standard InChI is InChI=1S/C11H7ClF5N5S/c12-7-20-8(18)22-9(21-7)19-5-3-1-2-4-6(5)23-11(16,17)10(13,14)15/h1-4H,(H3,18,19,20,21,22). The Balaban J connectivity index is 2.31. The Bertz CT molecular complexity index is 691. The summed E-state index contributed by atoms with van der Waals surface area (Å²) in [6, 6.07) is 5.13. The second-order valence-electron chi connectivity index (χ2n) is 4.02. The van der Waals surface area contributed by atoms with Crippen LogP contribution in [0.4, 0.5) is 39.5 Å². The number of nitrogens with two attached hydrogens (primary N) is 1. The first-order valence-corrected chi connectivity index (χ1v) is 6.94. The summed E-state index contributed by atoms with van der Waals surface area (Å²) in [5, 5.41) is -2.74. The molecule has 0 amide bonds. The number of rotatable bonds is 4. The molecule has 2 rings (SSSR count). The van der Waals surface area contributed by atoms with Crippen LogP contribution < -0.4 is 11.1 Å². The van der Waals surface area contributed by atoms with E-state index in [9.17, 15) is 22.0 Å². The van der Waals surface area contributed by atoms with Crippen molar-refractivity contribution in [1.82, 2.24) is 15.0 Å². The lowest BCUT2D eigenvalue weighted by molar-refractivity contribution is -0.237. The number of halogens is 6. The van der Waals surface area contributed by atoms with Crippen LogP contribution >= 0.6 is 23.4 Å². The van der Waals surface area contributed by atoms with Crippen LogP contribution in [0.5, 0.6) is 0 Å². The summed E-state index contributed by atoms with van der Waals surface area (Å²) in [7, 11) is 0. The van der Waals surface area contributed by atoms with E-state index in [0.717, 1.165) is 6.07 Å². The molecule has 3 N–H and O–H groups in total. The van der Waals surface area contributed by atoms with Gasteiger partial charge >= 0.3 is 11.4 Å². The van der Waals surface area contributed by atoms with Gasteiger partial charge in [0.25, 0.3) is 0 Å². The monoisotopic (exact) mass is 371 g/mol. The van der Waals surface area contributed by atoms with Crippen molar-refractivity contribution >= 4 is 40.9 Å². The third-order valence-electron chi connectivity index (χ3n) is 2.33. The molecule has 0 unspecified atom stereocenters. The molecule has 0 spiro atoms. The molecule has 0 atom stereocenters. The summed E-state index contributed by atoms with van der Waals surface area (Å²) < 4.78 is 63.4. The Labute approximate surface area is 135 Å². The van der Waals surface area contributed by atoms with E-state index < -0.39 is 23.2 Å². The zero-order chi connectivity index (χ0) is 17.3. The van der Waals surface area contributed by atoms with Crippen molar-refractivity contribution in [3.05, 3.63) is 29.5 Å². The second kappa shape index (κ2) is 6.32. The van der Waals surface area contributed by atoms with Crippen molar-refractivity contribution in [2.75, 3.05) is 11.1 Å². The van der Waals surface area contributed by atoms with Gasteiger partial charge in [-0.2, -0.15) is 36.9 Å². The maximum absolute atomic E-state index is 13.2. The fourth-order valence-electron chi connectivity index (χ4n) is 1.40. The number of nitrogens with zero attached hydrogens (tertiary/aromatic N) is 3. The summed E-state index contributed by atoms with van der Waals surface area (Å²) >= 11 is 4.92. The molecule has 0 aliphatic heterocycles. The highest BCUT2D eigenvalue weighted by atomic mass is 35.5. The topological polar surface area (TPSA) is 76.7 Å². The molecule has 0 fully saturated rings. The number of para-hydroxylation sites is 1. The maximum atomic E-state index is 13.2. The first-order valence-electron chi connectivity index (χ1n) is 5.75. The zero-order valence-corrected chi connectivity index (χ0v) is 12.5. The molecule has 1 aromatic carbocycles. The van der Waals surface area contributed by atoms with Crippen molar-refractivity contribution in [3.8, 4) is 0 Å². The average Bonchev–Trinajstić information content (AvgIpc) is 2.38. The summed E-state index contributed by atoms with van der Waals surface area (Å²) in [6.07, 6.45) is -5.69. The van der Waals surface area contributed by atoms with Crippen LogP contribution in [0.1, 0.15) is 0 Å². The van der Waals surface area contributed by atoms with E-state index in [2.05, 4.69) is 20.3 Å².